The van der Waals surface area contributed by atoms with Gasteiger partial charge in [0.2, 0.25) is 0 Å². The fourth-order valence-electron chi connectivity index (χ4n) is 1.17. The minimum absolute atomic E-state index is 0.372. The fourth-order valence-corrected chi connectivity index (χ4v) is 2.63. The number of hydrogen-bond acceptors (Lipinski definition) is 6. The van der Waals surface area contributed by atoms with Gasteiger partial charge in [0, 0.05) is 16.7 Å². The van der Waals surface area contributed by atoms with E-state index in [1.807, 2.05) is 0 Å². The van der Waals surface area contributed by atoms with E-state index in [2.05, 4.69) is 0 Å². The fraction of sp³-hybridized carbons (Fsp3) is 0.125. The van der Waals surface area contributed by atoms with E-state index in [-0.39, 0.29) is 0 Å². The largest absolute Gasteiger partial charge is 0.446 e. The summed E-state index contributed by atoms with van der Waals surface area (Å²) in [5.41, 5.74) is -6.84. The Labute approximate surface area is 118 Å². The van der Waals surface area contributed by atoms with Crippen molar-refractivity contribution in [3.8, 4) is 6.07 Å². The predicted octanol–water partition coefficient (Wildman–Crippen LogP) is 3.01. The summed E-state index contributed by atoms with van der Waals surface area (Å²) in [6.45, 7) is 0. The Hall–Kier alpha value is -1.51. The van der Waals surface area contributed by atoms with Crippen LogP contribution in [0.5, 0.6) is 0 Å². The maximum Gasteiger partial charge on any atom is 0.446 e. The smallest absolute Gasteiger partial charge is 0.258 e. The first-order chi connectivity index (χ1) is 8.95. The molecule has 0 saturated heterocycles. The molecule has 1 aromatic rings. The number of thioether (sulfide) groups is 1. The molecular formula is C8H2ClF3N2O4S2. The van der Waals surface area contributed by atoms with Crippen LogP contribution >= 0.6 is 22.4 Å². The van der Waals surface area contributed by atoms with Crippen molar-refractivity contribution in [1.29, 1.82) is 5.26 Å². The zero-order valence-electron chi connectivity index (χ0n) is 9.01. The van der Waals surface area contributed by atoms with Gasteiger partial charge in [-0.1, -0.05) is 0 Å². The second-order valence-electron chi connectivity index (χ2n) is 3.17. The van der Waals surface area contributed by atoms with E-state index in [9.17, 15) is 31.7 Å². The average molecular weight is 347 g/mol. The maximum absolute atomic E-state index is 12.3. The zero-order chi connectivity index (χ0) is 15.7. The van der Waals surface area contributed by atoms with Crippen molar-refractivity contribution in [2.45, 2.75) is 15.3 Å². The number of hydrogen-bond donors (Lipinski definition) is 0. The molecule has 0 aliphatic heterocycles. The Kier molecular flexibility index (Phi) is 4.52. The Morgan fingerprint density at radius 3 is 2.30 bits per heavy atom. The molecule has 0 spiro atoms. The third-order valence-corrected chi connectivity index (χ3v) is 4.06. The average Bonchev–Trinajstić information content (AvgIpc) is 2.25. The maximum atomic E-state index is 12.3. The molecule has 0 heterocycles. The van der Waals surface area contributed by atoms with E-state index in [1.165, 1.54) is 6.07 Å². The van der Waals surface area contributed by atoms with Gasteiger partial charge < -0.3 is 0 Å². The quantitative estimate of drug-likeness (QED) is 0.361. The third-order valence-electron chi connectivity index (χ3n) is 1.86. The van der Waals surface area contributed by atoms with Crippen molar-refractivity contribution < 1.29 is 26.5 Å². The van der Waals surface area contributed by atoms with Crippen LogP contribution in [-0.4, -0.2) is 18.8 Å². The second kappa shape index (κ2) is 5.47. The molecule has 0 aliphatic carbocycles. The summed E-state index contributed by atoms with van der Waals surface area (Å²) in [4.78, 5) is 7.69. The summed E-state index contributed by atoms with van der Waals surface area (Å²) in [6.07, 6.45) is 0. The van der Waals surface area contributed by atoms with E-state index < -0.39 is 52.3 Å². The minimum Gasteiger partial charge on any atom is -0.258 e. The summed E-state index contributed by atoms with van der Waals surface area (Å²) in [6, 6.07) is 2.19. The number of alkyl halides is 3. The Morgan fingerprint density at radius 2 is 1.95 bits per heavy atom. The molecule has 0 radical (unpaired) electrons. The summed E-state index contributed by atoms with van der Waals surface area (Å²) < 4.78 is 59.1. The number of halogens is 4. The lowest BCUT2D eigenvalue weighted by Gasteiger charge is -2.08. The molecule has 12 heteroatoms. The van der Waals surface area contributed by atoms with Gasteiger partial charge in [0.1, 0.15) is 11.0 Å². The molecule has 0 aliphatic rings. The van der Waals surface area contributed by atoms with Gasteiger partial charge in [0.05, 0.1) is 15.4 Å². The van der Waals surface area contributed by atoms with Gasteiger partial charge in [-0.25, -0.2) is 8.42 Å². The van der Waals surface area contributed by atoms with E-state index in [1.54, 1.807) is 0 Å². The van der Waals surface area contributed by atoms with Crippen molar-refractivity contribution in [3.05, 3.63) is 27.8 Å². The highest BCUT2D eigenvalue weighted by atomic mass is 35.7. The van der Waals surface area contributed by atoms with Crippen LogP contribution in [-0.2, 0) is 9.05 Å². The first-order valence-corrected chi connectivity index (χ1v) is 7.51. The molecular weight excluding hydrogens is 345 g/mol. The highest BCUT2D eigenvalue weighted by molar-refractivity contribution is 8.13. The molecule has 1 rings (SSSR count). The van der Waals surface area contributed by atoms with Gasteiger partial charge in [-0.05, 0) is 17.8 Å². The van der Waals surface area contributed by atoms with Crippen LogP contribution in [0.2, 0.25) is 0 Å². The number of nitro benzene ring substituents is 1. The molecule has 1 aromatic carbocycles. The van der Waals surface area contributed by atoms with Crippen LogP contribution in [0.1, 0.15) is 5.56 Å². The molecule has 0 bridgehead atoms. The van der Waals surface area contributed by atoms with Gasteiger partial charge in [-0.15, -0.1) is 0 Å². The highest BCUT2D eigenvalue weighted by Crippen LogP contribution is 2.44. The van der Waals surface area contributed by atoms with Crippen LogP contribution in [0.25, 0.3) is 0 Å². The van der Waals surface area contributed by atoms with Crippen molar-refractivity contribution >= 4 is 37.2 Å². The van der Waals surface area contributed by atoms with Gasteiger partial charge in [-0.2, -0.15) is 18.4 Å². The number of nitro groups is 1. The molecule has 0 unspecified atom stereocenters. The lowest BCUT2D eigenvalue weighted by Crippen LogP contribution is -2.04. The van der Waals surface area contributed by atoms with E-state index in [0.29, 0.717) is 12.1 Å². The Morgan fingerprint density at radius 1 is 1.40 bits per heavy atom. The van der Waals surface area contributed by atoms with Crippen molar-refractivity contribution in [2.24, 2.45) is 0 Å². The van der Waals surface area contributed by atoms with E-state index >= 15 is 0 Å². The molecule has 0 atom stereocenters. The van der Waals surface area contributed by atoms with Crippen molar-refractivity contribution in [3.63, 3.8) is 0 Å². The number of nitrogens with zero attached hydrogens (tertiary/aromatic N) is 2. The molecule has 0 fully saturated rings. The van der Waals surface area contributed by atoms with Crippen molar-refractivity contribution in [2.75, 3.05) is 0 Å². The molecule has 0 amide bonds. The number of benzene rings is 1. The van der Waals surface area contributed by atoms with Crippen LogP contribution < -0.4 is 0 Å². The first kappa shape index (κ1) is 16.5. The predicted molar refractivity (Wildman–Crippen MR) is 62.8 cm³/mol. The number of nitriles is 1. The van der Waals surface area contributed by atoms with E-state index in [0.717, 1.165) is 0 Å². The molecule has 0 N–H and O–H groups in total. The third kappa shape index (κ3) is 3.99. The van der Waals surface area contributed by atoms with Crippen LogP contribution in [0, 0.1) is 21.4 Å². The molecule has 0 aromatic heterocycles. The summed E-state index contributed by atoms with van der Waals surface area (Å²) in [7, 11) is 0.535. The highest BCUT2D eigenvalue weighted by Gasteiger charge is 2.36. The van der Waals surface area contributed by atoms with E-state index in [4.69, 9.17) is 15.9 Å². The van der Waals surface area contributed by atoms with Crippen LogP contribution in [0.4, 0.5) is 18.9 Å². The SMILES string of the molecule is N#Cc1cc(S(=O)(=O)Cl)cc([N+](=O)[O-])c1SC(F)(F)F. The molecule has 20 heavy (non-hydrogen) atoms. The lowest BCUT2D eigenvalue weighted by atomic mass is 10.2. The minimum atomic E-state index is -4.88. The topological polar surface area (TPSA) is 101 Å². The number of rotatable bonds is 3. The van der Waals surface area contributed by atoms with Crippen LogP contribution in [0.3, 0.4) is 0 Å². The lowest BCUT2D eigenvalue weighted by molar-refractivity contribution is -0.388. The summed E-state index contributed by atoms with van der Waals surface area (Å²) >= 11 is -0.876. The van der Waals surface area contributed by atoms with Gasteiger partial charge in [0.25, 0.3) is 14.7 Å². The first-order valence-electron chi connectivity index (χ1n) is 4.38. The monoisotopic (exact) mass is 346 g/mol. The standard InChI is InChI=1S/C8H2ClF3N2O4S2/c9-20(17,18)5-1-4(3-13)7(19-8(10,11)12)6(2-5)14(15)16/h1-2H. The Bertz CT molecular complexity index is 712. The molecule has 0 saturated carbocycles. The normalized spacial score (nSPS) is 11.9. The summed E-state index contributed by atoms with van der Waals surface area (Å²) in [5.74, 6) is 0. The van der Waals surface area contributed by atoms with Crippen molar-refractivity contribution in [1.82, 2.24) is 0 Å². The van der Waals surface area contributed by atoms with Gasteiger partial charge in [0.15, 0.2) is 0 Å². The van der Waals surface area contributed by atoms with Gasteiger partial charge >= 0.3 is 5.51 Å². The zero-order valence-corrected chi connectivity index (χ0v) is 11.4. The molecule has 6 nitrogen and oxygen atoms in total. The van der Waals surface area contributed by atoms with Gasteiger partial charge in [-0.3, -0.25) is 10.1 Å². The molecule has 108 valence electrons. The van der Waals surface area contributed by atoms with Crippen LogP contribution in [0.15, 0.2) is 21.9 Å². The second-order valence-corrected chi connectivity index (χ2v) is 6.81. The Balaban J connectivity index is 3.67. The summed E-state index contributed by atoms with van der Waals surface area (Å²) in [5, 5.41) is 19.5.